The van der Waals surface area contributed by atoms with E-state index in [-0.39, 0.29) is 5.91 Å². The highest BCUT2D eigenvalue weighted by molar-refractivity contribution is 5.95. The summed E-state index contributed by atoms with van der Waals surface area (Å²) in [5.41, 5.74) is 3.04. The fourth-order valence-electron chi connectivity index (χ4n) is 2.75. The van der Waals surface area contributed by atoms with Crippen LogP contribution in [0.25, 0.3) is 11.3 Å². The van der Waals surface area contributed by atoms with Gasteiger partial charge in [0.2, 0.25) is 5.91 Å². The summed E-state index contributed by atoms with van der Waals surface area (Å²) in [5, 5.41) is 0. The Labute approximate surface area is 123 Å². The highest BCUT2D eigenvalue weighted by atomic mass is 16.3. The minimum absolute atomic E-state index is 0.140. The summed E-state index contributed by atoms with van der Waals surface area (Å²) in [4.78, 5) is 24.7. The van der Waals surface area contributed by atoms with E-state index in [1.807, 2.05) is 30.0 Å². The van der Waals surface area contributed by atoms with Gasteiger partial charge in [-0.15, -0.1) is 0 Å². The van der Waals surface area contributed by atoms with E-state index in [9.17, 15) is 9.59 Å². The number of amides is 1. The van der Waals surface area contributed by atoms with Crippen LogP contribution in [-0.4, -0.2) is 18.7 Å². The molecule has 0 N–H and O–H groups in total. The molecule has 0 saturated heterocycles. The van der Waals surface area contributed by atoms with Gasteiger partial charge in [0, 0.05) is 24.2 Å². The molecule has 108 valence electrons. The zero-order valence-corrected chi connectivity index (χ0v) is 12.0. The molecule has 4 heteroatoms. The van der Waals surface area contributed by atoms with Gasteiger partial charge in [0.05, 0.1) is 0 Å². The molecule has 2 aromatic rings. The molecule has 0 aliphatic carbocycles. The molecule has 1 aliphatic rings. The lowest BCUT2D eigenvalue weighted by Gasteiger charge is -2.29. The number of anilines is 1. The van der Waals surface area contributed by atoms with E-state index >= 15 is 0 Å². The highest BCUT2D eigenvalue weighted by Gasteiger charge is 2.22. The molecule has 0 radical (unpaired) electrons. The molecule has 2 heterocycles. The van der Waals surface area contributed by atoms with Crippen LogP contribution in [0.5, 0.6) is 0 Å². The van der Waals surface area contributed by atoms with Crippen LogP contribution in [0.4, 0.5) is 5.69 Å². The minimum atomic E-state index is 0.140. The average Bonchev–Trinajstić information content (AvgIpc) is 3.02. The van der Waals surface area contributed by atoms with Crippen molar-refractivity contribution >= 4 is 17.9 Å². The summed E-state index contributed by atoms with van der Waals surface area (Å²) in [6.45, 7) is 2.64. The number of furan rings is 1. The molecule has 0 bridgehead atoms. The first-order chi connectivity index (χ1) is 10.2. The second-order valence-electron chi connectivity index (χ2n) is 5.17. The van der Waals surface area contributed by atoms with Crippen molar-refractivity contribution in [3.8, 4) is 11.3 Å². The molecule has 1 aliphatic heterocycles. The Bertz CT molecular complexity index is 687. The number of benzene rings is 1. The van der Waals surface area contributed by atoms with Gasteiger partial charge in [-0.2, -0.15) is 0 Å². The fourth-order valence-corrected chi connectivity index (χ4v) is 2.75. The van der Waals surface area contributed by atoms with Crippen LogP contribution in [0, 0.1) is 0 Å². The Hall–Kier alpha value is -2.36. The van der Waals surface area contributed by atoms with Crippen LogP contribution < -0.4 is 4.90 Å². The van der Waals surface area contributed by atoms with Gasteiger partial charge in [0.25, 0.3) is 0 Å². The van der Waals surface area contributed by atoms with Crippen LogP contribution in [0.15, 0.2) is 34.7 Å². The number of fused-ring (bicyclic) bond motifs is 1. The number of aryl methyl sites for hydroxylation is 1. The molecule has 0 saturated carbocycles. The second kappa shape index (κ2) is 5.56. The predicted octanol–water partition coefficient (Wildman–Crippen LogP) is 3.45. The largest absolute Gasteiger partial charge is 0.453 e. The second-order valence-corrected chi connectivity index (χ2v) is 5.17. The van der Waals surface area contributed by atoms with Gasteiger partial charge in [0.1, 0.15) is 5.76 Å². The Kier molecular flexibility index (Phi) is 3.60. The first kappa shape index (κ1) is 13.6. The van der Waals surface area contributed by atoms with E-state index in [1.165, 1.54) is 5.56 Å². The van der Waals surface area contributed by atoms with Crippen LogP contribution in [0.3, 0.4) is 0 Å². The molecule has 0 unspecified atom stereocenters. The van der Waals surface area contributed by atoms with Gasteiger partial charge in [-0.05, 0) is 36.6 Å². The van der Waals surface area contributed by atoms with Crippen molar-refractivity contribution in [3.63, 3.8) is 0 Å². The first-order valence-electron chi connectivity index (χ1n) is 7.21. The number of carbonyl (C=O) groups is 2. The van der Waals surface area contributed by atoms with Crippen molar-refractivity contribution in [2.45, 2.75) is 26.2 Å². The fraction of sp³-hybridized carbons (Fsp3) is 0.294. The van der Waals surface area contributed by atoms with Gasteiger partial charge in [0.15, 0.2) is 12.0 Å². The number of hydrogen-bond donors (Lipinski definition) is 0. The quantitative estimate of drug-likeness (QED) is 0.811. The topological polar surface area (TPSA) is 50.5 Å². The van der Waals surface area contributed by atoms with Gasteiger partial charge in [-0.3, -0.25) is 9.59 Å². The molecule has 21 heavy (non-hydrogen) atoms. The van der Waals surface area contributed by atoms with E-state index in [4.69, 9.17) is 4.42 Å². The van der Waals surface area contributed by atoms with E-state index in [2.05, 4.69) is 0 Å². The maximum Gasteiger partial charge on any atom is 0.226 e. The van der Waals surface area contributed by atoms with Crippen molar-refractivity contribution in [3.05, 3.63) is 41.7 Å². The van der Waals surface area contributed by atoms with E-state index < -0.39 is 0 Å². The van der Waals surface area contributed by atoms with Crippen molar-refractivity contribution < 1.29 is 14.0 Å². The lowest BCUT2D eigenvalue weighted by molar-refractivity contribution is -0.118. The average molecular weight is 283 g/mol. The first-order valence-corrected chi connectivity index (χ1v) is 7.21. The minimum Gasteiger partial charge on any atom is -0.453 e. The Morgan fingerprint density at radius 3 is 2.90 bits per heavy atom. The lowest BCUT2D eigenvalue weighted by Crippen LogP contribution is -2.34. The lowest BCUT2D eigenvalue weighted by atomic mass is 9.98. The molecule has 1 aromatic carbocycles. The molecular formula is C17H17NO3. The predicted molar refractivity (Wildman–Crippen MR) is 80.5 cm³/mol. The molecular weight excluding hydrogens is 266 g/mol. The molecule has 0 fully saturated rings. The third-order valence-corrected chi connectivity index (χ3v) is 3.83. The zero-order valence-electron chi connectivity index (χ0n) is 12.0. The Balaban J connectivity index is 2.02. The van der Waals surface area contributed by atoms with Gasteiger partial charge in [-0.25, -0.2) is 0 Å². The molecule has 0 atom stereocenters. The van der Waals surface area contributed by atoms with Crippen LogP contribution in [0.1, 0.15) is 35.9 Å². The summed E-state index contributed by atoms with van der Waals surface area (Å²) in [7, 11) is 0. The summed E-state index contributed by atoms with van der Waals surface area (Å²) in [6, 6.07) is 9.43. The highest BCUT2D eigenvalue weighted by Crippen LogP contribution is 2.33. The number of aldehydes is 1. The standard InChI is InChI=1S/C17H17NO3/c1-2-17(20)18-9-3-4-12-5-6-13(10-15(12)18)16-8-7-14(11-19)21-16/h5-8,10-11H,2-4,9H2,1H3. The maximum absolute atomic E-state index is 12.1. The summed E-state index contributed by atoms with van der Waals surface area (Å²) < 4.78 is 5.46. The molecule has 1 aromatic heterocycles. The SMILES string of the molecule is CCC(=O)N1CCCc2ccc(-c3ccc(C=O)o3)cc21. The number of nitrogens with zero attached hydrogens (tertiary/aromatic N) is 1. The van der Waals surface area contributed by atoms with E-state index in [0.717, 1.165) is 30.6 Å². The third kappa shape index (κ3) is 2.49. The maximum atomic E-state index is 12.1. The summed E-state index contributed by atoms with van der Waals surface area (Å²) in [5.74, 6) is 1.10. The van der Waals surface area contributed by atoms with Crippen molar-refractivity contribution in [1.29, 1.82) is 0 Å². The Morgan fingerprint density at radius 1 is 1.33 bits per heavy atom. The molecule has 1 amide bonds. The zero-order chi connectivity index (χ0) is 14.8. The monoisotopic (exact) mass is 283 g/mol. The Morgan fingerprint density at radius 2 is 2.19 bits per heavy atom. The van der Waals surface area contributed by atoms with Crippen molar-refractivity contribution in [2.24, 2.45) is 0 Å². The summed E-state index contributed by atoms with van der Waals surface area (Å²) >= 11 is 0. The number of carbonyl (C=O) groups excluding carboxylic acids is 2. The molecule has 3 rings (SSSR count). The third-order valence-electron chi connectivity index (χ3n) is 3.83. The van der Waals surface area contributed by atoms with E-state index in [0.29, 0.717) is 24.2 Å². The molecule has 4 nitrogen and oxygen atoms in total. The van der Waals surface area contributed by atoms with Gasteiger partial charge in [-0.1, -0.05) is 19.1 Å². The van der Waals surface area contributed by atoms with Gasteiger partial charge >= 0.3 is 0 Å². The molecule has 0 spiro atoms. The number of hydrogen-bond acceptors (Lipinski definition) is 3. The van der Waals surface area contributed by atoms with Crippen LogP contribution >= 0.6 is 0 Å². The van der Waals surface area contributed by atoms with Gasteiger partial charge < -0.3 is 9.32 Å². The smallest absolute Gasteiger partial charge is 0.226 e. The van der Waals surface area contributed by atoms with Crippen LogP contribution in [-0.2, 0) is 11.2 Å². The van der Waals surface area contributed by atoms with Crippen LogP contribution in [0.2, 0.25) is 0 Å². The van der Waals surface area contributed by atoms with E-state index in [1.54, 1.807) is 12.1 Å². The van der Waals surface area contributed by atoms with Crippen molar-refractivity contribution in [2.75, 3.05) is 11.4 Å². The number of rotatable bonds is 3. The normalized spacial score (nSPS) is 13.9. The summed E-state index contributed by atoms with van der Waals surface area (Å²) in [6.07, 6.45) is 3.17. The van der Waals surface area contributed by atoms with Crippen molar-refractivity contribution in [1.82, 2.24) is 0 Å².